The average molecular weight is 339 g/mol. The summed E-state index contributed by atoms with van der Waals surface area (Å²) < 4.78 is 5.80. The highest BCUT2D eigenvalue weighted by atomic mass is 16.5. The smallest absolute Gasteiger partial charge is 0.251 e. The molecule has 1 saturated heterocycles. The molecule has 2 aromatic rings. The zero-order valence-corrected chi connectivity index (χ0v) is 14.4. The van der Waals surface area contributed by atoms with Crippen molar-refractivity contribution in [2.45, 2.75) is 19.2 Å². The van der Waals surface area contributed by atoms with Crippen molar-refractivity contribution in [3.8, 4) is 0 Å². The minimum Gasteiger partial charge on any atom is -0.374 e. The predicted molar refractivity (Wildman–Crippen MR) is 98.1 cm³/mol. The van der Waals surface area contributed by atoms with Crippen molar-refractivity contribution >= 4 is 5.91 Å². The molecule has 2 aromatic carbocycles. The summed E-state index contributed by atoms with van der Waals surface area (Å²) in [5.74, 6) is -0.0765. The molecule has 0 aliphatic carbocycles. The van der Waals surface area contributed by atoms with Crippen LogP contribution in [0.25, 0.3) is 0 Å². The Bertz CT molecular complexity index is 673. The lowest BCUT2D eigenvalue weighted by atomic mass is 10.1. The van der Waals surface area contributed by atoms with Gasteiger partial charge in [-0.15, -0.1) is 0 Å². The number of amides is 1. The number of rotatable bonds is 6. The number of benzene rings is 2. The van der Waals surface area contributed by atoms with Crippen molar-refractivity contribution in [1.29, 1.82) is 0 Å². The minimum atomic E-state index is -0.0765. The number of nitrogens with two attached hydrogens (primary N) is 1. The Kier molecular flexibility index (Phi) is 6.17. The molecule has 1 heterocycles. The van der Waals surface area contributed by atoms with Crippen LogP contribution >= 0.6 is 0 Å². The van der Waals surface area contributed by atoms with Gasteiger partial charge in [-0.05, 0) is 23.3 Å². The van der Waals surface area contributed by atoms with Gasteiger partial charge in [-0.3, -0.25) is 9.69 Å². The number of morpholine rings is 1. The predicted octanol–water partition coefficient (Wildman–Crippen LogP) is 1.78. The molecule has 1 amide bonds. The highest BCUT2D eigenvalue weighted by molar-refractivity contribution is 5.94. The van der Waals surface area contributed by atoms with E-state index < -0.39 is 0 Å². The van der Waals surface area contributed by atoms with E-state index in [1.165, 1.54) is 5.56 Å². The quantitative estimate of drug-likeness (QED) is 0.842. The van der Waals surface area contributed by atoms with Gasteiger partial charge in [-0.2, -0.15) is 0 Å². The average Bonchev–Trinajstić information content (AvgIpc) is 2.67. The molecule has 5 nitrogen and oxygen atoms in total. The van der Waals surface area contributed by atoms with Gasteiger partial charge in [0.15, 0.2) is 0 Å². The first-order chi connectivity index (χ1) is 12.2. The fourth-order valence-corrected chi connectivity index (χ4v) is 2.99. The Hall–Kier alpha value is -2.21. The SMILES string of the molecule is NCc1ccc(C(=O)NCC2CN(Cc3ccccc3)CCO2)cc1. The zero-order valence-electron chi connectivity index (χ0n) is 14.4. The largest absolute Gasteiger partial charge is 0.374 e. The summed E-state index contributed by atoms with van der Waals surface area (Å²) in [6, 6.07) is 17.8. The summed E-state index contributed by atoms with van der Waals surface area (Å²) in [5, 5.41) is 2.97. The third-order valence-corrected chi connectivity index (χ3v) is 4.41. The Labute approximate surface area is 148 Å². The first-order valence-corrected chi connectivity index (χ1v) is 8.69. The van der Waals surface area contributed by atoms with Crippen LogP contribution in [0.15, 0.2) is 54.6 Å². The second kappa shape index (κ2) is 8.76. The van der Waals surface area contributed by atoms with Gasteiger partial charge in [0.05, 0.1) is 12.7 Å². The second-order valence-electron chi connectivity index (χ2n) is 6.32. The van der Waals surface area contributed by atoms with E-state index >= 15 is 0 Å². The van der Waals surface area contributed by atoms with Crippen LogP contribution in [-0.4, -0.2) is 43.2 Å². The van der Waals surface area contributed by atoms with Crippen LogP contribution in [0.3, 0.4) is 0 Å². The van der Waals surface area contributed by atoms with Gasteiger partial charge in [-0.1, -0.05) is 42.5 Å². The number of hydrogen-bond acceptors (Lipinski definition) is 4. The van der Waals surface area contributed by atoms with E-state index in [-0.39, 0.29) is 12.0 Å². The Morgan fingerprint density at radius 3 is 2.60 bits per heavy atom. The van der Waals surface area contributed by atoms with E-state index in [9.17, 15) is 4.79 Å². The van der Waals surface area contributed by atoms with Crippen LogP contribution in [-0.2, 0) is 17.8 Å². The molecule has 132 valence electrons. The zero-order chi connectivity index (χ0) is 17.5. The Morgan fingerprint density at radius 2 is 1.88 bits per heavy atom. The maximum absolute atomic E-state index is 12.2. The second-order valence-corrected chi connectivity index (χ2v) is 6.32. The standard InChI is InChI=1S/C20H25N3O2/c21-12-16-6-8-18(9-7-16)20(24)22-13-19-15-23(10-11-25-19)14-17-4-2-1-3-5-17/h1-9,19H,10-15,21H2,(H,22,24). The maximum Gasteiger partial charge on any atom is 0.251 e. The molecule has 1 aliphatic heterocycles. The number of nitrogens with zero attached hydrogens (tertiary/aromatic N) is 1. The molecular formula is C20H25N3O2. The lowest BCUT2D eigenvalue weighted by molar-refractivity contribution is -0.0292. The minimum absolute atomic E-state index is 0.0183. The fraction of sp³-hybridized carbons (Fsp3) is 0.350. The van der Waals surface area contributed by atoms with Crippen LogP contribution < -0.4 is 11.1 Å². The van der Waals surface area contributed by atoms with Crippen molar-refractivity contribution in [3.05, 3.63) is 71.3 Å². The molecule has 0 radical (unpaired) electrons. The van der Waals surface area contributed by atoms with Crippen LogP contribution in [0, 0.1) is 0 Å². The molecule has 1 aliphatic rings. The molecular weight excluding hydrogens is 314 g/mol. The molecule has 0 spiro atoms. The topological polar surface area (TPSA) is 67.6 Å². The van der Waals surface area contributed by atoms with E-state index in [0.29, 0.717) is 25.3 Å². The number of carbonyl (C=O) groups excluding carboxylic acids is 1. The Balaban J connectivity index is 1.48. The molecule has 0 aromatic heterocycles. The summed E-state index contributed by atoms with van der Waals surface area (Å²) in [4.78, 5) is 14.6. The first kappa shape index (κ1) is 17.6. The number of ether oxygens (including phenoxy) is 1. The van der Waals surface area contributed by atoms with Gasteiger partial charge in [0.1, 0.15) is 0 Å². The highest BCUT2D eigenvalue weighted by Gasteiger charge is 2.21. The Morgan fingerprint density at radius 1 is 1.12 bits per heavy atom. The summed E-state index contributed by atoms with van der Waals surface area (Å²) >= 11 is 0. The monoisotopic (exact) mass is 339 g/mol. The molecule has 1 atom stereocenters. The van der Waals surface area contributed by atoms with Gasteiger partial charge in [0.25, 0.3) is 5.91 Å². The van der Waals surface area contributed by atoms with Crippen molar-refractivity contribution in [1.82, 2.24) is 10.2 Å². The molecule has 0 bridgehead atoms. The maximum atomic E-state index is 12.2. The fourth-order valence-electron chi connectivity index (χ4n) is 2.99. The van der Waals surface area contributed by atoms with Crippen molar-refractivity contribution in [2.24, 2.45) is 5.73 Å². The molecule has 25 heavy (non-hydrogen) atoms. The van der Waals surface area contributed by atoms with Gasteiger partial charge in [0, 0.05) is 38.3 Å². The number of hydrogen-bond donors (Lipinski definition) is 2. The van der Waals surface area contributed by atoms with Crippen molar-refractivity contribution in [2.75, 3.05) is 26.2 Å². The molecule has 3 N–H and O–H groups in total. The van der Waals surface area contributed by atoms with Gasteiger partial charge in [0.2, 0.25) is 0 Å². The molecule has 1 unspecified atom stereocenters. The summed E-state index contributed by atoms with van der Waals surface area (Å²) in [7, 11) is 0. The van der Waals surface area contributed by atoms with E-state index in [1.54, 1.807) is 12.1 Å². The first-order valence-electron chi connectivity index (χ1n) is 8.69. The van der Waals surface area contributed by atoms with E-state index in [2.05, 4.69) is 34.5 Å². The normalized spacial score (nSPS) is 18.0. The lowest BCUT2D eigenvalue weighted by Crippen LogP contribution is -2.47. The van der Waals surface area contributed by atoms with Crippen LogP contribution in [0.2, 0.25) is 0 Å². The van der Waals surface area contributed by atoms with Gasteiger partial charge in [-0.25, -0.2) is 0 Å². The van der Waals surface area contributed by atoms with Crippen LogP contribution in [0.5, 0.6) is 0 Å². The lowest BCUT2D eigenvalue weighted by Gasteiger charge is -2.33. The third kappa shape index (κ3) is 5.13. The van der Waals surface area contributed by atoms with Gasteiger partial charge < -0.3 is 15.8 Å². The van der Waals surface area contributed by atoms with E-state index in [1.807, 2.05) is 18.2 Å². The van der Waals surface area contributed by atoms with E-state index in [0.717, 1.165) is 25.2 Å². The summed E-state index contributed by atoms with van der Waals surface area (Å²) in [6.07, 6.45) is 0.0183. The summed E-state index contributed by atoms with van der Waals surface area (Å²) in [5.41, 5.74) is 8.54. The molecule has 0 saturated carbocycles. The number of carbonyl (C=O) groups is 1. The van der Waals surface area contributed by atoms with Crippen molar-refractivity contribution in [3.63, 3.8) is 0 Å². The highest BCUT2D eigenvalue weighted by Crippen LogP contribution is 2.10. The third-order valence-electron chi connectivity index (χ3n) is 4.41. The number of nitrogens with one attached hydrogen (secondary N) is 1. The van der Waals surface area contributed by atoms with E-state index in [4.69, 9.17) is 10.5 Å². The van der Waals surface area contributed by atoms with Crippen molar-refractivity contribution < 1.29 is 9.53 Å². The molecule has 5 heteroatoms. The van der Waals surface area contributed by atoms with Gasteiger partial charge >= 0.3 is 0 Å². The molecule has 1 fully saturated rings. The molecule has 3 rings (SSSR count). The summed E-state index contributed by atoms with van der Waals surface area (Å²) in [6.45, 7) is 4.34. The van der Waals surface area contributed by atoms with Crippen LogP contribution in [0.1, 0.15) is 21.5 Å². The van der Waals surface area contributed by atoms with Crippen LogP contribution in [0.4, 0.5) is 0 Å².